The number of hydrogen-bond acceptors (Lipinski definition) is 5. The molecular weight excluding hydrogens is 282 g/mol. The number of nitrogens with one attached hydrogen (secondary N) is 1. The van der Waals surface area contributed by atoms with Gasteiger partial charge in [0.2, 0.25) is 0 Å². The third kappa shape index (κ3) is 3.09. The highest BCUT2D eigenvalue weighted by atomic mass is 32.1. The highest BCUT2D eigenvalue weighted by Gasteiger charge is 2.19. The first-order valence-corrected chi connectivity index (χ1v) is 8.44. The fraction of sp³-hybridized carbons (Fsp3) is 0.500. The summed E-state index contributed by atoms with van der Waals surface area (Å²) in [6, 6.07) is 4.30. The minimum atomic E-state index is 0.617. The molecule has 0 atom stereocenters. The fourth-order valence-electron chi connectivity index (χ4n) is 2.42. The number of hydrogen-bond donors (Lipinski definition) is 1. The minimum absolute atomic E-state index is 0.617. The van der Waals surface area contributed by atoms with Gasteiger partial charge in [0.15, 0.2) is 5.82 Å². The van der Waals surface area contributed by atoms with Crippen LogP contribution in [0.3, 0.4) is 0 Å². The minimum Gasteiger partial charge on any atom is -0.376 e. The lowest BCUT2D eigenvalue weighted by Gasteiger charge is -2.19. The van der Waals surface area contributed by atoms with Gasteiger partial charge in [-0.15, -0.1) is 11.3 Å². The highest BCUT2D eigenvalue weighted by molar-refractivity contribution is 7.15. The van der Waals surface area contributed by atoms with Crippen LogP contribution in [0.1, 0.15) is 36.4 Å². The normalized spacial score (nSPS) is 14.0. The van der Waals surface area contributed by atoms with E-state index in [4.69, 9.17) is 14.7 Å². The standard InChI is InChI=1S/C16H21N3OS/c1-3-8-17-15-12-10-20-9-7-13(12)18-16(19-15)14-6-5-11(4-2)21-14/h5-6H,3-4,7-10H2,1-2H3,(H,17,18,19). The molecule has 0 bridgehead atoms. The van der Waals surface area contributed by atoms with Crippen LogP contribution in [-0.2, 0) is 24.2 Å². The zero-order valence-electron chi connectivity index (χ0n) is 12.6. The van der Waals surface area contributed by atoms with E-state index >= 15 is 0 Å². The van der Waals surface area contributed by atoms with Gasteiger partial charge in [-0.3, -0.25) is 0 Å². The Morgan fingerprint density at radius 3 is 2.95 bits per heavy atom. The monoisotopic (exact) mass is 303 g/mol. The predicted molar refractivity (Wildman–Crippen MR) is 86.9 cm³/mol. The number of anilines is 1. The molecule has 1 aliphatic heterocycles. The summed E-state index contributed by atoms with van der Waals surface area (Å²) < 4.78 is 5.57. The fourth-order valence-corrected chi connectivity index (χ4v) is 3.30. The van der Waals surface area contributed by atoms with Crippen LogP contribution in [0.15, 0.2) is 12.1 Å². The van der Waals surface area contributed by atoms with Gasteiger partial charge in [-0.25, -0.2) is 9.97 Å². The lowest BCUT2D eigenvalue weighted by atomic mass is 10.1. The van der Waals surface area contributed by atoms with E-state index in [-0.39, 0.29) is 0 Å². The summed E-state index contributed by atoms with van der Waals surface area (Å²) >= 11 is 1.79. The lowest BCUT2D eigenvalue weighted by molar-refractivity contribution is 0.109. The van der Waals surface area contributed by atoms with E-state index < -0.39 is 0 Å². The summed E-state index contributed by atoms with van der Waals surface area (Å²) in [6.45, 7) is 6.63. The predicted octanol–water partition coefficient (Wildman–Crippen LogP) is 3.66. The smallest absolute Gasteiger partial charge is 0.171 e. The van der Waals surface area contributed by atoms with Crippen molar-refractivity contribution in [2.45, 2.75) is 39.7 Å². The van der Waals surface area contributed by atoms with Crippen LogP contribution in [0.2, 0.25) is 0 Å². The first-order chi connectivity index (χ1) is 10.3. The van der Waals surface area contributed by atoms with Crippen LogP contribution in [-0.4, -0.2) is 23.1 Å². The number of rotatable bonds is 5. The highest BCUT2D eigenvalue weighted by Crippen LogP contribution is 2.30. The Morgan fingerprint density at radius 1 is 1.29 bits per heavy atom. The zero-order valence-corrected chi connectivity index (χ0v) is 13.4. The summed E-state index contributed by atoms with van der Waals surface area (Å²) in [5.41, 5.74) is 2.27. The Kier molecular flexibility index (Phi) is 4.51. The molecule has 0 aliphatic carbocycles. The van der Waals surface area contributed by atoms with Gasteiger partial charge in [0.05, 0.1) is 23.8 Å². The van der Waals surface area contributed by atoms with Crippen molar-refractivity contribution in [3.05, 3.63) is 28.3 Å². The van der Waals surface area contributed by atoms with Crippen LogP contribution in [0.25, 0.3) is 10.7 Å². The Morgan fingerprint density at radius 2 is 2.19 bits per heavy atom. The number of thiophene rings is 1. The molecule has 2 aromatic heterocycles. The molecule has 0 unspecified atom stereocenters. The molecule has 3 heterocycles. The average Bonchev–Trinajstić information content (AvgIpc) is 3.01. The number of nitrogens with zero attached hydrogens (tertiary/aromatic N) is 2. The van der Waals surface area contributed by atoms with Gasteiger partial charge in [-0.05, 0) is 25.0 Å². The summed E-state index contributed by atoms with van der Waals surface area (Å²) in [5, 5.41) is 3.43. The van der Waals surface area contributed by atoms with E-state index in [1.54, 1.807) is 11.3 Å². The molecule has 3 rings (SSSR count). The van der Waals surface area contributed by atoms with E-state index in [0.29, 0.717) is 6.61 Å². The molecule has 0 fully saturated rings. The summed E-state index contributed by atoms with van der Waals surface area (Å²) in [7, 11) is 0. The SMILES string of the molecule is CCCNc1nc(-c2ccc(CC)s2)nc2c1COCC2. The van der Waals surface area contributed by atoms with Crippen molar-refractivity contribution in [1.82, 2.24) is 9.97 Å². The van der Waals surface area contributed by atoms with Gasteiger partial charge in [0.25, 0.3) is 0 Å². The quantitative estimate of drug-likeness (QED) is 0.915. The molecule has 0 saturated heterocycles. The molecule has 0 radical (unpaired) electrons. The van der Waals surface area contributed by atoms with E-state index in [1.165, 1.54) is 4.88 Å². The average molecular weight is 303 g/mol. The molecule has 0 spiro atoms. The molecule has 2 aromatic rings. The van der Waals surface area contributed by atoms with E-state index in [9.17, 15) is 0 Å². The van der Waals surface area contributed by atoms with Crippen molar-refractivity contribution in [3.63, 3.8) is 0 Å². The molecule has 112 valence electrons. The molecule has 5 heteroatoms. The molecule has 0 saturated carbocycles. The van der Waals surface area contributed by atoms with Crippen LogP contribution in [0.5, 0.6) is 0 Å². The van der Waals surface area contributed by atoms with Gasteiger partial charge in [0.1, 0.15) is 5.82 Å². The van der Waals surface area contributed by atoms with Crippen molar-refractivity contribution < 1.29 is 4.74 Å². The first-order valence-electron chi connectivity index (χ1n) is 7.62. The van der Waals surface area contributed by atoms with E-state index in [1.807, 2.05) is 0 Å². The summed E-state index contributed by atoms with van der Waals surface area (Å²) in [4.78, 5) is 12.1. The molecule has 21 heavy (non-hydrogen) atoms. The number of ether oxygens (including phenoxy) is 1. The van der Waals surface area contributed by atoms with Gasteiger partial charge >= 0.3 is 0 Å². The number of fused-ring (bicyclic) bond motifs is 1. The van der Waals surface area contributed by atoms with Crippen LogP contribution >= 0.6 is 11.3 Å². The van der Waals surface area contributed by atoms with Gasteiger partial charge in [-0.2, -0.15) is 0 Å². The Bertz CT molecular complexity index is 624. The molecule has 1 aliphatic rings. The van der Waals surface area contributed by atoms with Gasteiger partial charge in [0, 0.05) is 23.4 Å². The third-order valence-electron chi connectivity index (χ3n) is 3.60. The Hall–Kier alpha value is -1.46. The van der Waals surface area contributed by atoms with E-state index in [0.717, 1.165) is 60.2 Å². The lowest BCUT2D eigenvalue weighted by Crippen LogP contribution is -2.17. The Labute approximate surface area is 129 Å². The third-order valence-corrected chi connectivity index (χ3v) is 4.82. The zero-order chi connectivity index (χ0) is 14.7. The summed E-state index contributed by atoms with van der Waals surface area (Å²) in [5.74, 6) is 1.79. The first kappa shape index (κ1) is 14.5. The molecule has 0 amide bonds. The summed E-state index contributed by atoms with van der Waals surface area (Å²) in [6.07, 6.45) is 3.01. The molecule has 1 N–H and O–H groups in total. The maximum Gasteiger partial charge on any atom is 0.171 e. The molecule has 4 nitrogen and oxygen atoms in total. The second-order valence-corrected chi connectivity index (χ2v) is 6.34. The second-order valence-electron chi connectivity index (χ2n) is 5.17. The van der Waals surface area contributed by atoms with Crippen molar-refractivity contribution >= 4 is 17.2 Å². The van der Waals surface area contributed by atoms with E-state index in [2.05, 4.69) is 31.3 Å². The van der Waals surface area contributed by atoms with Crippen molar-refractivity contribution in [3.8, 4) is 10.7 Å². The number of aromatic nitrogens is 2. The number of aryl methyl sites for hydroxylation is 1. The van der Waals surface area contributed by atoms with Crippen molar-refractivity contribution in [2.24, 2.45) is 0 Å². The van der Waals surface area contributed by atoms with Crippen molar-refractivity contribution in [1.29, 1.82) is 0 Å². The van der Waals surface area contributed by atoms with Gasteiger partial charge < -0.3 is 10.1 Å². The topological polar surface area (TPSA) is 47.0 Å². The Balaban J connectivity index is 2.00. The second kappa shape index (κ2) is 6.54. The maximum atomic E-state index is 5.57. The maximum absolute atomic E-state index is 5.57. The van der Waals surface area contributed by atoms with Crippen LogP contribution in [0.4, 0.5) is 5.82 Å². The van der Waals surface area contributed by atoms with Crippen LogP contribution in [0, 0.1) is 0 Å². The van der Waals surface area contributed by atoms with Crippen LogP contribution < -0.4 is 5.32 Å². The van der Waals surface area contributed by atoms with Gasteiger partial charge in [-0.1, -0.05) is 13.8 Å². The van der Waals surface area contributed by atoms with Crippen molar-refractivity contribution in [2.75, 3.05) is 18.5 Å². The molecule has 0 aromatic carbocycles. The largest absolute Gasteiger partial charge is 0.376 e. The molecular formula is C16H21N3OS.